The summed E-state index contributed by atoms with van der Waals surface area (Å²) in [6, 6.07) is 0. The second kappa shape index (κ2) is 4.42. The highest BCUT2D eigenvalue weighted by molar-refractivity contribution is 5.86. The summed E-state index contributed by atoms with van der Waals surface area (Å²) in [4.78, 5) is 24.0. The molecule has 3 atom stereocenters. The van der Waals surface area contributed by atoms with Gasteiger partial charge in [-0.05, 0) is 6.08 Å². The minimum Gasteiger partial charge on any atom is -0.481 e. The van der Waals surface area contributed by atoms with Crippen LogP contribution >= 0.6 is 0 Å². The van der Waals surface area contributed by atoms with Gasteiger partial charge in [0.15, 0.2) is 5.72 Å². The van der Waals surface area contributed by atoms with Crippen LogP contribution in [0.2, 0.25) is 0 Å². The van der Waals surface area contributed by atoms with Crippen molar-refractivity contribution < 1.29 is 19.8 Å². The molecule has 0 bridgehead atoms. The molecule has 1 amide bonds. The first-order valence-electron chi connectivity index (χ1n) is 5.73. The standard InChI is InChI=1S/C13H15NO4/c1-2-10-5-3-4-6-13(10,18)14-8-9(12(16)17)7-11(14)15/h2-6,9-10,18H,1,7-8H2,(H,16,17). The van der Waals surface area contributed by atoms with Crippen molar-refractivity contribution in [2.24, 2.45) is 11.8 Å². The highest BCUT2D eigenvalue weighted by Gasteiger charge is 2.47. The van der Waals surface area contributed by atoms with E-state index in [0.717, 1.165) is 0 Å². The van der Waals surface area contributed by atoms with Crippen molar-refractivity contribution in [3.8, 4) is 0 Å². The number of aliphatic hydroxyl groups is 1. The number of hydrogen-bond acceptors (Lipinski definition) is 3. The molecule has 2 rings (SSSR count). The number of aliphatic carboxylic acids is 1. The van der Waals surface area contributed by atoms with E-state index in [1.165, 1.54) is 11.0 Å². The number of likely N-dealkylation sites (tertiary alicyclic amines) is 1. The summed E-state index contributed by atoms with van der Waals surface area (Å²) >= 11 is 0. The molecule has 1 aliphatic heterocycles. The maximum atomic E-state index is 11.9. The van der Waals surface area contributed by atoms with E-state index in [1.807, 2.05) is 0 Å². The Balaban J connectivity index is 2.28. The Morgan fingerprint density at radius 1 is 1.56 bits per heavy atom. The molecule has 0 saturated carbocycles. The minimum atomic E-state index is -1.50. The van der Waals surface area contributed by atoms with E-state index in [0.29, 0.717) is 0 Å². The molecule has 0 aromatic heterocycles. The van der Waals surface area contributed by atoms with E-state index in [1.54, 1.807) is 24.3 Å². The fraction of sp³-hybridized carbons (Fsp3) is 0.385. The van der Waals surface area contributed by atoms with E-state index < -0.39 is 23.5 Å². The lowest BCUT2D eigenvalue weighted by Gasteiger charge is -2.39. The number of rotatable bonds is 3. The number of carbonyl (C=O) groups excluding carboxylic acids is 1. The van der Waals surface area contributed by atoms with Gasteiger partial charge in [0, 0.05) is 18.9 Å². The average Bonchev–Trinajstić information content (AvgIpc) is 2.73. The molecule has 0 spiro atoms. The molecule has 3 unspecified atom stereocenters. The lowest BCUT2D eigenvalue weighted by atomic mass is 9.90. The number of carboxylic acids is 1. The molecular weight excluding hydrogens is 234 g/mol. The van der Waals surface area contributed by atoms with Gasteiger partial charge in [0.25, 0.3) is 0 Å². The fourth-order valence-electron chi connectivity index (χ4n) is 2.37. The predicted octanol–water partition coefficient (Wildman–Crippen LogP) is 0.536. The van der Waals surface area contributed by atoms with Gasteiger partial charge < -0.3 is 15.1 Å². The Hall–Kier alpha value is -1.88. The van der Waals surface area contributed by atoms with Gasteiger partial charge in [-0.1, -0.05) is 24.3 Å². The van der Waals surface area contributed by atoms with E-state index in [4.69, 9.17) is 5.11 Å². The number of hydrogen-bond donors (Lipinski definition) is 2. The summed E-state index contributed by atoms with van der Waals surface area (Å²) in [6.45, 7) is 3.65. The maximum absolute atomic E-state index is 11.9. The molecule has 0 aromatic carbocycles. The lowest BCUT2D eigenvalue weighted by molar-refractivity contribution is -0.148. The van der Waals surface area contributed by atoms with Crippen LogP contribution in [0.25, 0.3) is 0 Å². The topological polar surface area (TPSA) is 77.8 Å². The summed E-state index contributed by atoms with van der Waals surface area (Å²) in [5.41, 5.74) is -1.50. The molecule has 0 aromatic rings. The van der Waals surface area contributed by atoms with E-state index in [-0.39, 0.29) is 18.9 Å². The van der Waals surface area contributed by atoms with Crippen molar-refractivity contribution in [1.82, 2.24) is 4.90 Å². The second-order valence-electron chi connectivity index (χ2n) is 4.53. The Kier molecular flexibility index (Phi) is 3.09. The molecule has 1 fully saturated rings. The highest BCUT2D eigenvalue weighted by Crippen LogP contribution is 2.34. The lowest BCUT2D eigenvalue weighted by Crippen LogP contribution is -2.53. The largest absolute Gasteiger partial charge is 0.481 e. The molecule has 1 heterocycles. The van der Waals surface area contributed by atoms with Crippen LogP contribution in [0.4, 0.5) is 0 Å². The van der Waals surface area contributed by atoms with Crippen LogP contribution in [0.3, 0.4) is 0 Å². The van der Waals surface area contributed by atoms with Crippen molar-refractivity contribution >= 4 is 11.9 Å². The van der Waals surface area contributed by atoms with Gasteiger partial charge in [-0.3, -0.25) is 9.59 Å². The molecule has 18 heavy (non-hydrogen) atoms. The minimum absolute atomic E-state index is 0.0210. The Labute approximate surface area is 105 Å². The summed E-state index contributed by atoms with van der Waals surface area (Å²) in [6.07, 6.45) is 8.10. The van der Waals surface area contributed by atoms with Crippen molar-refractivity contribution in [2.75, 3.05) is 6.54 Å². The second-order valence-corrected chi connectivity index (χ2v) is 4.53. The smallest absolute Gasteiger partial charge is 0.308 e. The molecule has 0 radical (unpaired) electrons. The zero-order valence-corrected chi connectivity index (χ0v) is 9.82. The van der Waals surface area contributed by atoms with E-state index in [2.05, 4.69) is 6.58 Å². The molecule has 5 nitrogen and oxygen atoms in total. The van der Waals surface area contributed by atoms with Crippen molar-refractivity contribution in [3.05, 3.63) is 37.0 Å². The summed E-state index contributed by atoms with van der Waals surface area (Å²) in [5, 5.41) is 19.5. The summed E-state index contributed by atoms with van der Waals surface area (Å²) < 4.78 is 0. The number of carboxylic acid groups (broad SMARTS) is 1. The monoisotopic (exact) mass is 249 g/mol. The van der Waals surface area contributed by atoms with Crippen LogP contribution in [0.1, 0.15) is 6.42 Å². The van der Waals surface area contributed by atoms with Crippen LogP contribution in [0.15, 0.2) is 37.0 Å². The maximum Gasteiger partial charge on any atom is 0.308 e. The SMILES string of the molecule is C=CC1C=CC=CC1(O)N1CC(C(=O)O)CC1=O. The third-order valence-electron chi connectivity index (χ3n) is 3.42. The van der Waals surface area contributed by atoms with Gasteiger partial charge in [-0.2, -0.15) is 0 Å². The molecule has 1 aliphatic carbocycles. The number of amides is 1. The van der Waals surface area contributed by atoms with Gasteiger partial charge in [0.1, 0.15) is 0 Å². The third kappa shape index (κ3) is 1.86. The number of allylic oxidation sites excluding steroid dienone is 2. The van der Waals surface area contributed by atoms with Gasteiger partial charge in [-0.25, -0.2) is 0 Å². The van der Waals surface area contributed by atoms with Crippen LogP contribution in [0, 0.1) is 11.8 Å². The van der Waals surface area contributed by atoms with Gasteiger partial charge >= 0.3 is 5.97 Å². The van der Waals surface area contributed by atoms with Crippen LogP contribution < -0.4 is 0 Å². The first kappa shape index (κ1) is 12.6. The average molecular weight is 249 g/mol. The molecule has 5 heteroatoms. The first-order valence-corrected chi connectivity index (χ1v) is 5.73. The molecule has 96 valence electrons. The number of carbonyl (C=O) groups is 2. The molecule has 1 saturated heterocycles. The van der Waals surface area contributed by atoms with Crippen LogP contribution in [-0.4, -0.2) is 39.3 Å². The zero-order valence-electron chi connectivity index (χ0n) is 9.82. The molecule has 2 N–H and O–H groups in total. The van der Waals surface area contributed by atoms with Gasteiger partial charge in [0.2, 0.25) is 5.91 Å². The van der Waals surface area contributed by atoms with E-state index >= 15 is 0 Å². The van der Waals surface area contributed by atoms with Crippen molar-refractivity contribution in [1.29, 1.82) is 0 Å². The Bertz CT molecular complexity index is 454. The van der Waals surface area contributed by atoms with Crippen LogP contribution in [0.5, 0.6) is 0 Å². The highest BCUT2D eigenvalue weighted by atomic mass is 16.4. The Morgan fingerprint density at radius 3 is 2.83 bits per heavy atom. The first-order chi connectivity index (χ1) is 8.49. The third-order valence-corrected chi connectivity index (χ3v) is 3.42. The predicted molar refractivity (Wildman–Crippen MR) is 64.4 cm³/mol. The van der Waals surface area contributed by atoms with E-state index in [9.17, 15) is 14.7 Å². The van der Waals surface area contributed by atoms with Crippen LogP contribution in [-0.2, 0) is 9.59 Å². The summed E-state index contributed by atoms with van der Waals surface area (Å²) in [5.74, 6) is -2.55. The molecular formula is C13H15NO4. The van der Waals surface area contributed by atoms with Gasteiger partial charge in [0.05, 0.1) is 5.92 Å². The fourth-order valence-corrected chi connectivity index (χ4v) is 2.37. The summed E-state index contributed by atoms with van der Waals surface area (Å²) in [7, 11) is 0. The van der Waals surface area contributed by atoms with Gasteiger partial charge in [-0.15, -0.1) is 6.58 Å². The Morgan fingerprint density at radius 2 is 2.28 bits per heavy atom. The quantitative estimate of drug-likeness (QED) is 0.715. The normalized spacial score (nSPS) is 34.9. The van der Waals surface area contributed by atoms with Crippen molar-refractivity contribution in [2.45, 2.75) is 12.1 Å². The number of nitrogens with zero attached hydrogens (tertiary/aromatic N) is 1. The van der Waals surface area contributed by atoms with Crippen molar-refractivity contribution in [3.63, 3.8) is 0 Å². The zero-order chi connectivity index (χ0) is 13.3. The molecule has 2 aliphatic rings.